The molecule has 0 aliphatic rings. The van der Waals surface area contributed by atoms with Crippen molar-refractivity contribution in [1.82, 2.24) is 0 Å². The molecule has 0 N–H and O–H groups in total. The van der Waals surface area contributed by atoms with Crippen molar-refractivity contribution in [3.8, 4) is 0 Å². The summed E-state index contributed by atoms with van der Waals surface area (Å²) in [6.07, 6.45) is 0. The summed E-state index contributed by atoms with van der Waals surface area (Å²) in [6.45, 7) is 0. The summed E-state index contributed by atoms with van der Waals surface area (Å²) < 4.78 is 0. The second kappa shape index (κ2) is 201. The van der Waals surface area contributed by atoms with E-state index in [0.717, 1.165) is 0 Å². The van der Waals surface area contributed by atoms with Crippen molar-refractivity contribution in [2.24, 2.45) is 0 Å². The van der Waals surface area contributed by atoms with Gasteiger partial charge in [0.15, 0.2) is 0 Å². The normalized spacial score (nSPS) is 0. The van der Waals surface area contributed by atoms with Gasteiger partial charge in [-0.25, -0.2) is 0 Å². The molecule has 0 rings (SSSR count). The van der Waals surface area contributed by atoms with Gasteiger partial charge in [-0.1, -0.05) is 0 Å². The van der Waals surface area contributed by atoms with Crippen LogP contribution in [0.15, 0.2) is 0 Å². The van der Waals surface area contributed by atoms with Gasteiger partial charge in [0.25, 0.3) is 0 Å². The first-order valence-corrected chi connectivity index (χ1v) is 0. The van der Waals surface area contributed by atoms with E-state index in [2.05, 4.69) is 0 Å². The maximum Gasteiger partial charge on any atom is 4.00 e. The summed E-state index contributed by atoms with van der Waals surface area (Å²) in [6, 6.07) is 0. The average molecular weight is 767 g/mol. The minimum absolute atomic E-state index is 0. The third-order valence-electron chi connectivity index (χ3n) is 0. The standard InChI is InChI=1S/2Bi.7O.2Sn/q2*+3;7*-2;2*+4. The van der Waals surface area contributed by atoms with Crippen LogP contribution in [0.1, 0.15) is 0 Å². The van der Waals surface area contributed by atoms with E-state index in [1.807, 2.05) is 0 Å². The summed E-state index contributed by atoms with van der Waals surface area (Å²) in [5.74, 6) is 0. The second-order valence-electron chi connectivity index (χ2n) is 0. The van der Waals surface area contributed by atoms with Crippen molar-refractivity contribution in [3.05, 3.63) is 0 Å². The summed E-state index contributed by atoms with van der Waals surface area (Å²) in [7, 11) is 0. The van der Waals surface area contributed by atoms with Gasteiger partial charge in [-0.2, -0.15) is 0 Å². The molecule has 0 spiro atoms. The largest absolute Gasteiger partial charge is 4.00 e. The predicted molar refractivity (Wildman–Crippen MR) is 27.8 cm³/mol. The van der Waals surface area contributed by atoms with Crippen LogP contribution in [0.3, 0.4) is 0 Å². The first kappa shape index (κ1) is 254. The van der Waals surface area contributed by atoms with Crippen LogP contribution in [0.4, 0.5) is 0 Å². The van der Waals surface area contributed by atoms with Crippen LogP contribution < -0.4 is 0 Å². The monoisotopic (exact) mass is 770 g/mol. The number of hydrogen-bond donors (Lipinski definition) is 0. The van der Waals surface area contributed by atoms with Gasteiger partial charge in [0.1, 0.15) is 0 Å². The molecule has 0 fully saturated rings. The van der Waals surface area contributed by atoms with Gasteiger partial charge < -0.3 is 38.3 Å². The van der Waals surface area contributed by atoms with Crippen LogP contribution in [-0.4, -0.2) is 100 Å². The first-order valence-electron chi connectivity index (χ1n) is 0. The Morgan fingerprint density at radius 2 is 0.273 bits per heavy atom. The molecule has 0 aromatic rings. The molecule has 0 aliphatic carbocycles. The fourth-order valence-corrected chi connectivity index (χ4v) is 0. The Balaban J connectivity index is 0. The summed E-state index contributed by atoms with van der Waals surface area (Å²) in [5, 5.41) is 0. The van der Waals surface area contributed by atoms with E-state index in [4.69, 9.17) is 0 Å². The van der Waals surface area contributed by atoms with Crippen LogP contribution in [0, 0.1) is 0 Å². The average Bonchev–Trinajstić information content (AvgIpc) is 0. The van der Waals surface area contributed by atoms with Crippen molar-refractivity contribution in [2.45, 2.75) is 0 Å². The van der Waals surface area contributed by atoms with Crippen molar-refractivity contribution in [2.75, 3.05) is 0 Å². The number of rotatable bonds is 0. The van der Waals surface area contributed by atoms with E-state index in [1.165, 1.54) is 0 Å². The molecule has 0 saturated heterocycles. The van der Waals surface area contributed by atoms with Crippen LogP contribution in [0.5, 0.6) is 0 Å². The third-order valence-corrected chi connectivity index (χ3v) is 0. The zero-order valence-electron chi connectivity index (χ0n) is 4.75. The summed E-state index contributed by atoms with van der Waals surface area (Å²) in [4.78, 5) is 0. The Morgan fingerprint density at radius 3 is 0.273 bits per heavy atom. The molecular weight excluding hydrogens is 767 g/mol. The first-order chi connectivity index (χ1) is 0. The number of hydrogen-bond acceptors (Lipinski definition) is 0. The van der Waals surface area contributed by atoms with Crippen molar-refractivity contribution < 1.29 is 38.3 Å². The molecule has 60 valence electrons. The van der Waals surface area contributed by atoms with E-state index >= 15 is 0 Å². The van der Waals surface area contributed by atoms with Crippen LogP contribution >= 0.6 is 0 Å². The maximum atomic E-state index is 0. The molecule has 0 saturated carbocycles. The van der Waals surface area contributed by atoms with Crippen LogP contribution in [-0.2, 0) is 38.3 Å². The fourth-order valence-electron chi connectivity index (χ4n) is 0. The Kier molecular flexibility index (Phi) is 4630. The zero-order chi connectivity index (χ0) is 0. The van der Waals surface area contributed by atoms with Crippen molar-refractivity contribution in [1.29, 1.82) is 0 Å². The van der Waals surface area contributed by atoms with Gasteiger partial charge in [0.2, 0.25) is 0 Å². The zero-order valence-corrected chi connectivity index (χ0v) is 17.4. The Morgan fingerprint density at radius 1 is 0.273 bits per heavy atom. The maximum absolute atomic E-state index is 0. The molecule has 0 aliphatic heterocycles. The molecule has 0 aromatic carbocycles. The van der Waals surface area contributed by atoms with Crippen LogP contribution in [0.25, 0.3) is 0 Å². The molecule has 0 unspecified atom stereocenters. The topological polar surface area (TPSA) is 200 Å². The predicted octanol–water partition coefficient (Wildman–Crippen LogP) is -2.35. The molecule has 0 atom stereocenters. The van der Waals surface area contributed by atoms with E-state index < -0.39 is 0 Å². The molecule has 11 heteroatoms. The molecule has 0 amide bonds. The molecule has 11 heavy (non-hydrogen) atoms. The van der Waals surface area contributed by atoms with Crippen molar-refractivity contribution >= 4 is 100 Å². The van der Waals surface area contributed by atoms with Gasteiger partial charge in [-0.3, -0.25) is 0 Å². The third kappa shape index (κ3) is 169. The molecule has 4 radical (unpaired) electrons. The Labute approximate surface area is 136 Å². The van der Waals surface area contributed by atoms with Crippen LogP contribution in [0.2, 0.25) is 0 Å². The smallest absolute Gasteiger partial charge is 2.00 e. The van der Waals surface area contributed by atoms with Crippen molar-refractivity contribution in [3.63, 3.8) is 0 Å². The Bertz CT molecular complexity index is 14.4. The van der Waals surface area contributed by atoms with E-state index in [0.29, 0.717) is 0 Å². The SMILES string of the molecule is [Bi+3].[Bi+3].[O-2].[O-2].[O-2].[O-2].[O-2].[O-2].[O-2].[Sn+4].[Sn+4]. The Hall–Kier alpha value is 3.08. The summed E-state index contributed by atoms with van der Waals surface area (Å²) in [5.41, 5.74) is 0. The molecule has 0 aromatic heterocycles. The van der Waals surface area contributed by atoms with E-state index in [1.54, 1.807) is 0 Å². The molecule has 0 bridgehead atoms. The van der Waals surface area contributed by atoms with E-state index in [-0.39, 0.29) is 139 Å². The quantitative estimate of drug-likeness (QED) is 0.238. The molecular formula is Bi2O7Sn2. The van der Waals surface area contributed by atoms with E-state index in [9.17, 15) is 0 Å². The van der Waals surface area contributed by atoms with Gasteiger partial charge in [0, 0.05) is 0 Å². The fraction of sp³-hybridized carbons (Fsp3) is 0. The van der Waals surface area contributed by atoms with Gasteiger partial charge >= 0.3 is 100 Å². The van der Waals surface area contributed by atoms with Gasteiger partial charge in [-0.05, 0) is 0 Å². The summed E-state index contributed by atoms with van der Waals surface area (Å²) >= 11 is 0. The minimum Gasteiger partial charge on any atom is -2.00 e. The molecule has 0 heterocycles. The molecule has 7 nitrogen and oxygen atoms in total. The minimum atomic E-state index is 0. The van der Waals surface area contributed by atoms with Gasteiger partial charge in [-0.15, -0.1) is 0 Å². The van der Waals surface area contributed by atoms with Gasteiger partial charge in [0.05, 0.1) is 0 Å². The second-order valence-corrected chi connectivity index (χ2v) is 0.